The third-order valence-electron chi connectivity index (χ3n) is 4.70. The maximum Gasteiger partial charge on any atom is 0.339 e. The van der Waals surface area contributed by atoms with Crippen LogP contribution in [-0.2, 0) is 10.3 Å². The van der Waals surface area contributed by atoms with Gasteiger partial charge in [-0.25, -0.2) is 14.5 Å². The highest BCUT2D eigenvalue weighted by atomic mass is 16.6. The van der Waals surface area contributed by atoms with Crippen molar-refractivity contribution in [3.63, 3.8) is 0 Å². The van der Waals surface area contributed by atoms with Crippen molar-refractivity contribution in [3.8, 4) is 0 Å². The summed E-state index contributed by atoms with van der Waals surface area (Å²) in [5.41, 5.74) is 2.34. The number of benzene rings is 2. The van der Waals surface area contributed by atoms with Gasteiger partial charge in [0.2, 0.25) is 0 Å². The van der Waals surface area contributed by atoms with Gasteiger partial charge in [-0.1, -0.05) is 6.07 Å². The lowest BCUT2D eigenvalue weighted by Gasteiger charge is -2.21. The predicted octanol–water partition coefficient (Wildman–Crippen LogP) is 3.23. The van der Waals surface area contributed by atoms with Gasteiger partial charge >= 0.3 is 5.97 Å². The number of nitrogens with zero attached hydrogens (tertiary/aromatic N) is 4. The van der Waals surface area contributed by atoms with E-state index in [0.29, 0.717) is 5.56 Å². The Bertz CT molecular complexity index is 1030. The van der Waals surface area contributed by atoms with Gasteiger partial charge in [-0.3, -0.25) is 10.1 Å². The molecule has 0 radical (unpaired) electrons. The molecule has 1 aliphatic heterocycles. The molecule has 0 amide bonds. The van der Waals surface area contributed by atoms with E-state index in [0.717, 1.165) is 16.7 Å². The summed E-state index contributed by atoms with van der Waals surface area (Å²) < 4.78 is 7.12. The van der Waals surface area contributed by atoms with Gasteiger partial charge in [-0.05, 0) is 49.2 Å². The second-order valence-electron chi connectivity index (χ2n) is 6.83. The minimum absolute atomic E-state index is 0.0187. The molecular weight excluding hydrogens is 348 g/mol. The monoisotopic (exact) mass is 364 g/mol. The first-order valence-electron chi connectivity index (χ1n) is 8.33. The van der Waals surface area contributed by atoms with Crippen LogP contribution in [0.4, 0.5) is 5.69 Å². The number of rotatable bonds is 4. The number of hydrogen-bond acceptors (Lipinski definition) is 6. The quantitative estimate of drug-likeness (QED) is 0.400. The number of cyclic esters (lactones) is 1. The van der Waals surface area contributed by atoms with Crippen molar-refractivity contribution < 1.29 is 14.5 Å². The SMILES string of the molecule is CC1(C)OC(=O)c2ccc(C(c3ccc([N+](=O)[O-])cc3)n3cncn3)cc21. The summed E-state index contributed by atoms with van der Waals surface area (Å²) in [4.78, 5) is 26.6. The number of non-ortho nitro benzene ring substituents is 1. The summed E-state index contributed by atoms with van der Waals surface area (Å²) in [5.74, 6) is -0.339. The third kappa shape index (κ3) is 2.84. The summed E-state index contributed by atoms with van der Waals surface area (Å²) in [6, 6.07) is 11.5. The van der Waals surface area contributed by atoms with Crippen molar-refractivity contribution in [1.29, 1.82) is 0 Å². The Balaban J connectivity index is 1.84. The highest BCUT2D eigenvalue weighted by Crippen LogP contribution is 2.38. The minimum Gasteiger partial charge on any atom is -0.451 e. The van der Waals surface area contributed by atoms with E-state index >= 15 is 0 Å². The summed E-state index contributed by atoms with van der Waals surface area (Å²) in [7, 11) is 0. The lowest BCUT2D eigenvalue weighted by Crippen LogP contribution is -2.17. The average Bonchev–Trinajstić information content (AvgIpc) is 3.23. The van der Waals surface area contributed by atoms with E-state index in [1.165, 1.54) is 18.5 Å². The zero-order valence-corrected chi connectivity index (χ0v) is 14.7. The molecule has 2 aromatic carbocycles. The average molecular weight is 364 g/mol. The molecule has 8 nitrogen and oxygen atoms in total. The smallest absolute Gasteiger partial charge is 0.339 e. The van der Waals surface area contributed by atoms with Crippen LogP contribution >= 0.6 is 0 Å². The van der Waals surface area contributed by atoms with Gasteiger partial charge in [0, 0.05) is 17.7 Å². The van der Waals surface area contributed by atoms with Crippen LogP contribution in [0.5, 0.6) is 0 Å². The normalized spacial score (nSPS) is 15.9. The zero-order chi connectivity index (χ0) is 19.2. The first-order valence-corrected chi connectivity index (χ1v) is 8.33. The first kappa shape index (κ1) is 16.9. The topological polar surface area (TPSA) is 100 Å². The highest BCUT2D eigenvalue weighted by Gasteiger charge is 2.38. The Morgan fingerprint density at radius 1 is 1.15 bits per heavy atom. The largest absolute Gasteiger partial charge is 0.451 e. The van der Waals surface area contributed by atoms with Crippen LogP contribution in [0.2, 0.25) is 0 Å². The Morgan fingerprint density at radius 2 is 1.85 bits per heavy atom. The van der Waals surface area contributed by atoms with Crippen molar-refractivity contribution in [1.82, 2.24) is 14.8 Å². The van der Waals surface area contributed by atoms with Gasteiger partial charge in [-0.2, -0.15) is 5.10 Å². The first-order chi connectivity index (χ1) is 12.9. The van der Waals surface area contributed by atoms with Crippen molar-refractivity contribution >= 4 is 11.7 Å². The Labute approximate surface area is 154 Å². The molecule has 0 aliphatic carbocycles. The third-order valence-corrected chi connectivity index (χ3v) is 4.70. The maximum atomic E-state index is 12.0. The molecule has 0 bridgehead atoms. The molecule has 27 heavy (non-hydrogen) atoms. The molecule has 1 aromatic heterocycles. The number of nitro groups is 1. The Kier molecular flexibility index (Phi) is 3.76. The van der Waals surface area contributed by atoms with Gasteiger partial charge in [0.25, 0.3) is 5.69 Å². The Morgan fingerprint density at radius 3 is 2.48 bits per heavy atom. The molecule has 1 atom stereocenters. The zero-order valence-electron chi connectivity index (χ0n) is 14.7. The van der Waals surface area contributed by atoms with E-state index in [9.17, 15) is 14.9 Å². The molecule has 4 rings (SSSR count). The number of nitro benzene ring substituents is 1. The van der Waals surface area contributed by atoms with E-state index in [1.807, 2.05) is 26.0 Å². The number of carbonyl (C=O) groups excluding carboxylic acids is 1. The van der Waals surface area contributed by atoms with Gasteiger partial charge in [0.1, 0.15) is 24.3 Å². The number of carbonyl (C=O) groups is 1. The summed E-state index contributed by atoms with van der Waals surface area (Å²) >= 11 is 0. The molecule has 0 fully saturated rings. The highest BCUT2D eigenvalue weighted by molar-refractivity contribution is 5.94. The lowest BCUT2D eigenvalue weighted by atomic mass is 9.90. The fourth-order valence-corrected chi connectivity index (χ4v) is 3.38. The van der Waals surface area contributed by atoms with Crippen LogP contribution in [0.25, 0.3) is 0 Å². The van der Waals surface area contributed by atoms with Gasteiger partial charge in [0.15, 0.2) is 0 Å². The van der Waals surface area contributed by atoms with E-state index < -0.39 is 10.5 Å². The molecule has 2 heterocycles. The van der Waals surface area contributed by atoms with Crippen molar-refractivity contribution in [2.75, 3.05) is 0 Å². The molecule has 0 saturated heterocycles. The lowest BCUT2D eigenvalue weighted by molar-refractivity contribution is -0.384. The summed E-state index contributed by atoms with van der Waals surface area (Å²) in [5, 5.41) is 15.2. The predicted molar refractivity (Wildman–Crippen MR) is 95.2 cm³/mol. The van der Waals surface area contributed by atoms with E-state index in [2.05, 4.69) is 10.1 Å². The molecular formula is C19H16N4O4. The van der Waals surface area contributed by atoms with Crippen molar-refractivity contribution in [2.45, 2.75) is 25.5 Å². The second kappa shape index (κ2) is 6.01. The van der Waals surface area contributed by atoms with Crippen LogP contribution < -0.4 is 0 Å². The molecule has 0 N–H and O–H groups in total. The van der Waals surface area contributed by atoms with E-state index in [4.69, 9.17) is 4.74 Å². The molecule has 136 valence electrons. The van der Waals surface area contributed by atoms with Crippen LogP contribution in [-0.4, -0.2) is 25.7 Å². The summed E-state index contributed by atoms with van der Waals surface area (Å²) in [6.07, 6.45) is 3.02. The number of esters is 1. The number of aromatic nitrogens is 3. The fourth-order valence-electron chi connectivity index (χ4n) is 3.38. The minimum atomic E-state index is -0.717. The molecule has 0 saturated carbocycles. The number of ether oxygens (including phenoxy) is 1. The maximum absolute atomic E-state index is 12.0. The second-order valence-corrected chi connectivity index (χ2v) is 6.83. The van der Waals surface area contributed by atoms with E-state index in [-0.39, 0.29) is 17.7 Å². The molecule has 8 heteroatoms. The number of fused-ring (bicyclic) bond motifs is 1. The fraction of sp³-hybridized carbons (Fsp3) is 0.211. The van der Waals surface area contributed by atoms with Crippen LogP contribution in [0, 0.1) is 10.1 Å². The van der Waals surface area contributed by atoms with Gasteiger partial charge in [0.05, 0.1) is 10.5 Å². The van der Waals surface area contributed by atoms with E-state index in [1.54, 1.807) is 29.2 Å². The standard InChI is InChI=1S/C19H16N4O4/c1-19(2)16-9-13(5-8-15(16)18(24)27-19)17(22-11-20-10-21-22)12-3-6-14(7-4-12)23(25)26/h3-11,17H,1-2H3. The van der Waals surface area contributed by atoms with Gasteiger partial charge < -0.3 is 4.74 Å². The van der Waals surface area contributed by atoms with Crippen LogP contribution in [0.1, 0.15) is 46.9 Å². The summed E-state index contributed by atoms with van der Waals surface area (Å²) in [6.45, 7) is 3.69. The molecule has 1 aliphatic rings. The van der Waals surface area contributed by atoms with Gasteiger partial charge in [-0.15, -0.1) is 0 Å². The number of hydrogen-bond donors (Lipinski definition) is 0. The van der Waals surface area contributed by atoms with Crippen LogP contribution in [0.3, 0.4) is 0 Å². The van der Waals surface area contributed by atoms with Crippen LogP contribution in [0.15, 0.2) is 55.1 Å². The molecule has 1 unspecified atom stereocenters. The molecule has 3 aromatic rings. The van der Waals surface area contributed by atoms with Crippen molar-refractivity contribution in [3.05, 3.63) is 87.5 Å². The molecule has 0 spiro atoms. The van der Waals surface area contributed by atoms with Crippen molar-refractivity contribution in [2.24, 2.45) is 0 Å². The Hall–Kier alpha value is -3.55.